The van der Waals surface area contributed by atoms with Crippen LogP contribution >= 0.6 is 0 Å². The molecule has 0 saturated heterocycles. The summed E-state index contributed by atoms with van der Waals surface area (Å²) < 4.78 is 4.83. The van der Waals surface area contributed by atoms with E-state index < -0.39 is 0 Å². The van der Waals surface area contributed by atoms with Crippen molar-refractivity contribution in [1.82, 2.24) is 14.5 Å². The fourth-order valence-electron chi connectivity index (χ4n) is 8.51. The lowest BCUT2D eigenvalue weighted by molar-refractivity contribution is 0.775. The Balaban J connectivity index is 1.22. The van der Waals surface area contributed by atoms with Crippen LogP contribution in [0.4, 0.5) is 0 Å². The standard InChI is InChI=1S/C52H39N3/c1-35(37-18-6-3-7-19-37)32-47(38-20-8-4-9-21-38)53-36(2)51-42-25-13-12-22-39(42)33-46-44-27-15-17-29-49(44)55(52(46)51)41-30-31-50-45(34-41)43-26-14-16-28-48(43)54(50)40-23-10-5-11-24-40/h3-34,47,53H,2H2,1H3/b35-32+. The maximum atomic E-state index is 4.85. The van der Waals surface area contributed by atoms with Gasteiger partial charge in [0.05, 0.1) is 28.1 Å². The number of nitrogens with one attached hydrogen (secondary N) is 1. The van der Waals surface area contributed by atoms with Gasteiger partial charge in [-0.1, -0.05) is 152 Å². The summed E-state index contributed by atoms with van der Waals surface area (Å²) in [5.74, 6) is 0. The number of allylic oxidation sites excluding steroid dienone is 1. The molecule has 10 rings (SSSR count). The number of aromatic nitrogens is 2. The van der Waals surface area contributed by atoms with Crippen LogP contribution in [0, 0.1) is 0 Å². The molecular formula is C52H39N3. The molecule has 0 aliphatic carbocycles. The second-order valence-electron chi connectivity index (χ2n) is 14.3. The van der Waals surface area contributed by atoms with E-state index in [1.165, 1.54) is 54.7 Å². The fraction of sp³-hybridized carbons (Fsp3) is 0.0385. The zero-order valence-electron chi connectivity index (χ0n) is 30.7. The first-order valence-electron chi connectivity index (χ1n) is 18.9. The average molecular weight is 706 g/mol. The molecule has 1 atom stereocenters. The molecule has 0 fully saturated rings. The van der Waals surface area contributed by atoms with E-state index in [9.17, 15) is 0 Å². The van der Waals surface area contributed by atoms with Gasteiger partial charge >= 0.3 is 0 Å². The van der Waals surface area contributed by atoms with E-state index in [0.29, 0.717) is 0 Å². The van der Waals surface area contributed by atoms with E-state index in [1.54, 1.807) is 0 Å². The Morgan fingerprint density at radius 2 is 1.07 bits per heavy atom. The Labute approximate surface area is 320 Å². The summed E-state index contributed by atoms with van der Waals surface area (Å²) in [6.07, 6.45) is 2.32. The molecule has 3 heteroatoms. The normalized spacial score (nSPS) is 12.6. The lowest BCUT2D eigenvalue weighted by Crippen LogP contribution is -2.19. The molecule has 2 aromatic heterocycles. The molecule has 262 valence electrons. The lowest BCUT2D eigenvalue weighted by Gasteiger charge is -2.23. The van der Waals surface area contributed by atoms with Crippen molar-refractivity contribution in [2.75, 3.05) is 0 Å². The minimum absolute atomic E-state index is 0.110. The number of rotatable bonds is 8. The van der Waals surface area contributed by atoms with Crippen molar-refractivity contribution in [3.05, 3.63) is 217 Å². The first-order valence-corrected chi connectivity index (χ1v) is 18.9. The number of para-hydroxylation sites is 3. The summed E-state index contributed by atoms with van der Waals surface area (Å²) in [7, 11) is 0. The van der Waals surface area contributed by atoms with Gasteiger partial charge in [-0.3, -0.25) is 0 Å². The quantitative estimate of drug-likeness (QED) is 0.167. The highest BCUT2D eigenvalue weighted by molar-refractivity contribution is 6.19. The molecule has 0 aliphatic rings. The fourth-order valence-corrected chi connectivity index (χ4v) is 8.51. The predicted molar refractivity (Wildman–Crippen MR) is 234 cm³/mol. The highest BCUT2D eigenvalue weighted by Gasteiger charge is 2.22. The van der Waals surface area contributed by atoms with Crippen LogP contribution in [-0.2, 0) is 0 Å². The van der Waals surface area contributed by atoms with Crippen LogP contribution in [0.1, 0.15) is 29.7 Å². The largest absolute Gasteiger partial charge is 0.375 e. The van der Waals surface area contributed by atoms with Crippen molar-refractivity contribution in [2.45, 2.75) is 13.0 Å². The van der Waals surface area contributed by atoms with Crippen molar-refractivity contribution >= 4 is 65.7 Å². The predicted octanol–water partition coefficient (Wildman–Crippen LogP) is 13.4. The molecule has 0 saturated carbocycles. The molecule has 2 heterocycles. The van der Waals surface area contributed by atoms with E-state index >= 15 is 0 Å². The van der Waals surface area contributed by atoms with Gasteiger partial charge in [-0.15, -0.1) is 0 Å². The van der Waals surface area contributed by atoms with Crippen LogP contribution in [0.5, 0.6) is 0 Å². The van der Waals surface area contributed by atoms with Crippen LogP contribution in [0.15, 0.2) is 201 Å². The maximum Gasteiger partial charge on any atom is 0.0703 e. The second-order valence-corrected chi connectivity index (χ2v) is 14.3. The topological polar surface area (TPSA) is 21.9 Å². The van der Waals surface area contributed by atoms with Gasteiger partial charge < -0.3 is 14.5 Å². The maximum absolute atomic E-state index is 4.85. The van der Waals surface area contributed by atoms with Crippen molar-refractivity contribution < 1.29 is 0 Å². The molecule has 8 aromatic carbocycles. The third kappa shape index (κ3) is 5.52. The monoisotopic (exact) mass is 705 g/mol. The Kier molecular flexibility index (Phi) is 7.92. The molecule has 1 N–H and O–H groups in total. The zero-order valence-corrected chi connectivity index (χ0v) is 30.7. The number of nitrogens with zero attached hydrogens (tertiary/aromatic N) is 2. The van der Waals surface area contributed by atoms with Crippen LogP contribution < -0.4 is 5.32 Å². The van der Waals surface area contributed by atoms with Crippen LogP contribution in [0.2, 0.25) is 0 Å². The summed E-state index contributed by atoms with van der Waals surface area (Å²) in [6.45, 7) is 7.04. The minimum Gasteiger partial charge on any atom is -0.375 e. The third-order valence-corrected chi connectivity index (χ3v) is 11.0. The molecular weight excluding hydrogens is 667 g/mol. The van der Waals surface area contributed by atoms with E-state index in [0.717, 1.165) is 39.1 Å². The Bertz CT molecular complexity index is 3080. The van der Waals surface area contributed by atoms with Crippen molar-refractivity contribution in [3.8, 4) is 11.4 Å². The highest BCUT2D eigenvalue weighted by Crippen LogP contribution is 2.42. The lowest BCUT2D eigenvalue weighted by atomic mass is 9.96. The van der Waals surface area contributed by atoms with Crippen LogP contribution in [0.25, 0.3) is 77.0 Å². The first-order chi connectivity index (χ1) is 27.1. The van der Waals surface area contributed by atoms with Crippen molar-refractivity contribution in [3.63, 3.8) is 0 Å². The van der Waals surface area contributed by atoms with E-state index in [4.69, 9.17) is 6.58 Å². The van der Waals surface area contributed by atoms with Crippen molar-refractivity contribution in [1.29, 1.82) is 0 Å². The first kappa shape index (κ1) is 32.5. The number of hydrogen-bond donors (Lipinski definition) is 1. The molecule has 0 aliphatic heterocycles. The Hall–Kier alpha value is -7.10. The van der Waals surface area contributed by atoms with Gasteiger partial charge in [0.15, 0.2) is 0 Å². The number of fused-ring (bicyclic) bond motifs is 7. The highest BCUT2D eigenvalue weighted by atomic mass is 15.0. The SMILES string of the molecule is C=C(NC(/C=C(\C)c1ccccc1)c1ccccc1)c1c2ccccc2cc2c3ccccc3n(-c3ccc4c(c3)c3ccccc3n4-c3ccccc3)c12. The van der Waals surface area contributed by atoms with Crippen molar-refractivity contribution in [2.24, 2.45) is 0 Å². The average Bonchev–Trinajstić information content (AvgIpc) is 3.75. The molecule has 0 amide bonds. The minimum atomic E-state index is -0.110. The smallest absolute Gasteiger partial charge is 0.0703 e. The van der Waals surface area contributed by atoms with E-state index in [2.05, 4.69) is 216 Å². The number of benzene rings is 8. The molecule has 55 heavy (non-hydrogen) atoms. The number of hydrogen-bond acceptors (Lipinski definition) is 1. The summed E-state index contributed by atoms with van der Waals surface area (Å²) in [5.41, 5.74) is 12.5. The molecule has 0 spiro atoms. The van der Waals surface area contributed by atoms with E-state index in [1.807, 2.05) is 0 Å². The Morgan fingerprint density at radius 1 is 0.509 bits per heavy atom. The molecule has 1 unspecified atom stereocenters. The van der Waals surface area contributed by atoms with Crippen LogP contribution in [0.3, 0.4) is 0 Å². The molecule has 10 aromatic rings. The van der Waals surface area contributed by atoms with Gasteiger partial charge in [0.2, 0.25) is 0 Å². The summed E-state index contributed by atoms with van der Waals surface area (Å²) in [5, 5.41) is 11.1. The molecule has 0 bridgehead atoms. The third-order valence-electron chi connectivity index (χ3n) is 11.0. The van der Waals surface area contributed by atoms with Gasteiger partial charge in [-0.05, 0) is 82.9 Å². The summed E-state index contributed by atoms with van der Waals surface area (Å²) in [6, 6.07) is 67.3. The van der Waals surface area contributed by atoms with Gasteiger partial charge in [0.25, 0.3) is 0 Å². The second kappa shape index (κ2) is 13.4. The Morgan fingerprint density at radius 3 is 1.80 bits per heavy atom. The van der Waals surface area contributed by atoms with Gasteiger partial charge in [-0.2, -0.15) is 0 Å². The van der Waals surface area contributed by atoms with Crippen LogP contribution in [-0.4, -0.2) is 9.13 Å². The zero-order chi connectivity index (χ0) is 36.9. The summed E-state index contributed by atoms with van der Waals surface area (Å²) in [4.78, 5) is 0. The van der Waals surface area contributed by atoms with E-state index in [-0.39, 0.29) is 6.04 Å². The van der Waals surface area contributed by atoms with Gasteiger partial charge in [0, 0.05) is 44.2 Å². The molecule has 3 nitrogen and oxygen atoms in total. The molecule has 0 radical (unpaired) electrons. The van der Waals surface area contributed by atoms with Gasteiger partial charge in [0.1, 0.15) is 0 Å². The summed E-state index contributed by atoms with van der Waals surface area (Å²) >= 11 is 0. The van der Waals surface area contributed by atoms with Gasteiger partial charge in [-0.25, -0.2) is 0 Å².